The van der Waals surface area contributed by atoms with Crippen molar-refractivity contribution in [2.75, 3.05) is 6.54 Å². The molecule has 0 aromatic carbocycles. The second kappa shape index (κ2) is 7.46. The molecule has 1 fully saturated rings. The molecule has 0 aromatic rings. The number of imide groups is 1. The molecule has 3 heteroatoms. The molecular weight excluding hydrogens is 214 g/mol. The van der Waals surface area contributed by atoms with Gasteiger partial charge in [0.05, 0.1) is 0 Å². The third-order valence-electron chi connectivity index (χ3n) is 3.45. The van der Waals surface area contributed by atoms with Crippen LogP contribution in [0.25, 0.3) is 0 Å². The van der Waals surface area contributed by atoms with E-state index in [2.05, 4.69) is 6.92 Å². The Kier molecular flexibility index (Phi) is 6.23. The van der Waals surface area contributed by atoms with E-state index in [-0.39, 0.29) is 17.7 Å². The minimum atomic E-state index is -0.0907. The molecule has 3 nitrogen and oxygen atoms in total. The van der Waals surface area contributed by atoms with Crippen molar-refractivity contribution in [3.8, 4) is 0 Å². The third kappa shape index (κ3) is 4.49. The summed E-state index contributed by atoms with van der Waals surface area (Å²) in [6.45, 7) is 4.69. The van der Waals surface area contributed by atoms with Crippen molar-refractivity contribution in [1.29, 1.82) is 0 Å². The molecule has 0 radical (unpaired) electrons. The van der Waals surface area contributed by atoms with E-state index in [4.69, 9.17) is 0 Å². The molecule has 1 aliphatic heterocycles. The third-order valence-corrected chi connectivity index (χ3v) is 3.45. The first-order valence-corrected chi connectivity index (χ1v) is 7.01. The van der Waals surface area contributed by atoms with Crippen molar-refractivity contribution in [3.05, 3.63) is 0 Å². The molecule has 0 saturated carbocycles. The Balaban J connectivity index is 2.06. The number of carbonyl (C=O) groups excluding carboxylic acids is 2. The summed E-state index contributed by atoms with van der Waals surface area (Å²) in [5.41, 5.74) is 0. The fourth-order valence-corrected chi connectivity index (χ4v) is 2.31. The van der Waals surface area contributed by atoms with Gasteiger partial charge in [-0.15, -0.1) is 0 Å². The molecular formula is C14H25NO2. The molecule has 1 heterocycles. The Labute approximate surface area is 105 Å². The fourth-order valence-electron chi connectivity index (χ4n) is 2.31. The maximum absolute atomic E-state index is 11.6. The van der Waals surface area contributed by atoms with Crippen LogP contribution in [0.2, 0.25) is 0 Å². The zero-order chi connectivity index (χ0) is 12.7. The number of hydrogen-bond donors (Lipinski definition) is 0. The molecule has 1 unspecified atom stereocenters. The van der Waals surface area contributed by atoms with Crippen molar-refractivity contribution >= 4 is 11.8 Å². The topological polar surface area (TPSA) is 37.4 Å². The standard InChI is InChI=1S/C14H25NO2/c1-3-4-5-6-7-8-9-10-15-13(16)11-12(2)14(15)17/h12H,3-11H2,1-2H3. The highest BCUT2D eigenvalue weighted by Crippen LogP contribution is 2.19. The van der Waals surface area contributed by atoms with Crippen LogP contribution in [-0.4, -0.2) is 23.3 Å². The van der Waals surface area contributed by atoms with Gasteiger partial charge in [-0.25, -0.2) is 0 Å². The second-order valence-electron chi connectivity index (χ2n) is 5.11. The Morgan fingerprint density at radius 1 is 1.06 bits per heavy atom. The van der Waals surface area contributed by atoms with Crippen LogP contribution in [0.5, 0.6) is 0 Å². The summed E-state index contributed by atoms with van der Waals surface area (Å²) >= 11 is 0. The number of amides is 2. The molecule has 1 saturated heterocycles. The highest BCUT2D eigenvalue weighted by molar-refractivity contribution is 6.03. The minimum absolute atomic E-state index is 0.0217. The number of hydrogen-bond acceptors (Lipinski definition) is 2. The Hall–Kier alpha value is -0.860. The maximum Gasteiger partial charge on any atom is 0.232 e. The Bertz CT molecular complexity index is 263. The first kappa shape index (κ1) is 14.2. The molecule has 0 N–H and O–H groups in total. The first-order chi connectivity index (χ1) is 8.16. The zero-order valence-electron chi connectivity index (χ0n) is 11.2. The molecule has 2 amide bonds. The number of nitrogens with zero attached hydrogens (tertiary/aromatic N) is 1. The van der Waals surface area contributed by atoms with Crippen molar-refractivity contribution in [2.24, 2.45) is 5.92 Å². The smallest absolute Gasteiger partial charge is 0.232 e. The van der Waals surface area contributed by atoms with Gasteiger partial charge in [0.25, 0.3) is 0 Å². The molecule has 1 rings (SSSR count). The maximum atomic E-state index is 11.6. The number of unbranched alkanes of at least 4 members (excludes halogenated alkanes) is 6. The van der Waals surface area contributed by atoms with Gasteiger partial charge < -0.3 is 0 Å². The highest BCUT2D eigenvalue weighted by Gasteiger charge is 2.34. The van der Waals surface area contributed by atoms with E-state index < -0.39 is 0 Å². The largest absolute Gasteiger partial charge is 0.282 e. The van der Waals surface area contributed by atoms with Gasteiger partial charge in [-0.05, 0) is 6.42 Å². The normalized spacial score (nSPS) is 20.4. The van der Waals surface area contributed by atoms with Gasteiger partial charge in [-0.1, -0.05) is 52.4 Å². The van der Waals surface area contributed by atoms with Gasteiger partial charge in [0, 0.05) is 18.9 Å². The molecule has 0 spiro atoms. The van der Waals surface area contributed by atoms with E-state index in [9.17, 15) is 9.59 Å². The van der Waals surface area contributed by atoms with Crippen molar-refractivity contribution in [2.45, 2.75) is 65.2 Å². The molecule has 98 valence electrons. The van der Waals surface area contributed by atoms with Gasteiger partial charge in [0.15, 0.2) is 0 Å². The van der Waals surface area contributed by atoms with Crippen LogP contribution in [0.4, 0.5) is 0 Å². The summed E-state index contributed by atoms with van der Waals surface area (Å²) in [5, 5.41) is 0. The lowest BCUT2D eigenvalue weighted by Crippen LogP contribution is -2.31. The lowest BCUT2D eigenvalue weighted by atomic mass is 10.1. The monoisotopic (exact) mass is 239 g/mol. The van der Waals surface area contributed by atoms with Gasteiger partial charge in [0.2, 0.25) is 11.8 Å². The second-order valence-corrected chi connectivity index (χ2v) is 5.11. The van der Waals surface area contributed by atoms with Crippen molar-refractivity contribution < 1.29 is 9.59 Å². The summed E-state index contributed by atoms with van der Waals surface area (Å²) in [6, 6.07) is 0. The molecule has 0 aromatic heterocycles. The molecule has 0 bridgehead atoms. The molecule has 1 aliphatic rings. The summed E-state index contributed by atoms with van der Waals surface area (Å²) in [7, 11) is 0. The molecule has 0 aliphatic carbocycles. The van der Waals surface area contributed by atoms with Crippen LogP contribution in [0, 0.1) is 5.92 Å². The van der Waals surface area contributed by atoms with Gasteiger partial charge in [0.1, 0.15) is 0 Å². The molecule has 17 heavy (non-hydrogen) atoms. The van der Waals surface area contributed by atoms with Crippen molar-refractivity contribution in [1.82, 2.24) is 4.90 Å². The SMILES string of the molecule is CCCCCCCCCN1C(=O)CC(C)C1=O. The first-order valence-electron chi connectivity index (χ1n) is 7.01. The van der Waals surface area contributed by atoms with E-state index in [1.807, 2.05) is 6.92 Å². The van der Waals surface area contributed by atoms with Gasteiger partial charge in [-0.2, -0.15) is 0 Å². The summed E-state index contributed by atoms with van der Waals surface area (Å²) < 4.78 is 0. The predicted molar refractivity (Wildman–Crippen MR) is 68.5 cm³/mol. The van der Waals surface area contributed by atoms with Crippen LogP contribution in [0.3, 0.4) is 0 Å². The van der Waals surface area contributed by atoms with E-state index in [1.165, 1.54) is 37.0 Å². The highest BCUT2D eigenvalue weighted by atomic mass is 16.2. The van der Waals surface area contributed by atoms with E-state index in [0.29, 0.717) is 13.0 Å². The number of carbonyl (C=O) groups is 2. The average Bonchev–Trinajstić information content (AvgIpc) is 2.54. The predicted octanol–water partition coefficient (Wildman–Crippen LogP) is 3.13. The fraction of sp³-hybridized carbons (Fsp3) is 0.857. The van der Waals surface area contributed by atoms with Crippen LogP contribution in [0.15, 0.2) is 0 Å². The lowest BCUT2D eigenvalue weighted by molar-refractivity contribution is -0.139. The summed E-state index contributed by atoms with van der Waals surface area (Å²) in [6.07, 6.45) is 8.93. The minimum Gasteiger partial charge on any atom is -0.282 e. The Morgan fingerprint density at radius 3 is 2.18 bits per heavy atom. The van der Waals surface area contributed by atoms with Crippen LogP contribution in [0.1, 0.15) is 65.2 Å². The lowest BCUT2D eigenvalue weighted by Gasteiger charge is -2.13. The number of rotatable bonds is 8. The molecule has 1 atom stereocenters. The van der Waals surface area contributed by atoms with E-state index in [0.717, 1.165) is 12.8 Å². The van der Waals surface area contributed by atoms with Crippen molar-refractivity contribution in [3.63, 3.8) is 0 Å². The average molecular weight is 239 g/mol. The van der Waals surface area contributed by atoms with Gasteiger partial charge in [-0.3, -0.25) is 14.5 Å². The van der Waals surface area contributed by atoms with Crippen LogP contribution < -0.4 is 0 Å². The quantitative estimate of drug-likeness (QED) is 0.482. The van der Waals surface area contributed by atoms with Gasteiger partial charge >= 0.3 is 0 Å². The summed E-state index contributed by atoms with van der Waals surface area (Å²) in [4.78, 5) is 24.6. The number of likely N-dealkylation sites (tertiary alicyclic amines) is 1. The van der Waals surface area contributed by atoms with E-state index >= 15 is 0 Å². The Morgan fingerprint density at radius 2 is 1.65 bits per heavy atom. The zero-order valence-corrected chi connectivity index (χ0v) is 11.2. The van der Waals surface area contributed by atoms with Crippen LogP contribution >= 0.6 is 0 Å². The van der Waals surface area contributed by atoms with Crippen LogP contribution in [-0.2, 0) is 9.59 Å². The summed E-state index contributed by atoms with van der Waals surface area (Å²) in [5.74, 6) is -0.0403. The van der Waals surface area contributed by atoms with E-state index in [1.54, 1.807) is 0 Å².